The Morgan fingerprint density at radius 2 is 2.00 bits per heavy atom. The third-order valence-corrected chi connectivity index (χ3v) is 4.88. The molecule has 134 valence electrons. The van der Waals surface area contributed by atoms with Crippen molar-refractivity contribution in [3.05, 3.63) is 70.0 Å². The predicted molar refractivity (Wildman–Crippen MR) is 109 cm³/mol. The Morgan fingerprint density at radius 1 is 1.19 bits per heavy atom. The van der Waals surface area contributed by atoms with Crippen LogP contribution >= 0.6 is 27.7 Å². The lowest BCUT2D eigenvalue weighted by molar-refractivity contribution is 0.338. The van der Waals surface area contributed by atoms with E-state index in [4.69, 9.17) is 4.74 Å². The molecule has 1 aromatic heterocycles. The maximum absolute atomic E-state index is 5.54. The van der Waals surface area contributed by atoms with Crippen molar-refractivity contribution in [2.75, 3.05) is 12.9 Å². The zero-order valence-corrected chi connectivity index (χ0v) is 17.0. The molecule has 0 atom stereocenters. The molecule has 5 nitrogen and oxygen atoms in total. The average molecular weight is 431 g/mol. The number of rotatable bonds is 7. The van der Waals surface area contributed by atoms with Crippen LogP contribution in [0, 0.1) is 0 Å². The normalized spacial score (nSPS) is 11.2. The van der Waals surface area contributed by atoms with Gasteiger partial charge in [-0.15, -0.1) is 10.2 Å². The summed E-state index contributed by atoms with van der Waals surface area (Å²) in [6, 6.07) is 16.1. The molecule has 0 amide bonds. The Hall–Kier alpha value is -2.12. The number of hydrogen-bond acceptors (Lipinski definition) is 5. The van der Waals surface area contributed by atoms with E-state index < -0.39 is 0 Å². The van der Waals surface area contributed by atoms with Gasteiger partial charge in [0.1, 0.15) is 5.75 Å². The van der Waals surface area contributed by atoms with Gasteiger partial charge in [0.25, 0.3) is 0 Å². The van der Waals surface area contributed by atoms with Crippen molar-refractivity contribution in [2.45, 2.75) is 18.5 Å². The number of halogens is 1. The van der Waals surface area contributed by atoms with E-state index in [0.29, 0.717) is 13.0 Å². The fourth-order valence-electron chi connectivity index (χ4n) is 2.42. The van der Waals surface area contributed by atoms with Crippen molar-refractivity contribution in [3.63, 3.8) is 0 Å². The monoisotopic (exact) mass is 430 g/mol. The number of hydrogen-bond donors (Lipinski definition) is 0. The molecule has 0 saturated carbocycles. The fraction of sp³-hybridized carbons (Fsp3) is 0.211. The van der Waals surface area contributed by atoms with Crippen molar-refractivity contribution in [2.24, 2.45) is 5.10 Å². The summed E-state index contributed by atoms with van der Waals surface area (Å²) in [5.74, 6) is 1.63. The van der Waals surface area contributed by atoms with Crippen LogP contribution in [0.15, 0.2) is 63.3 Å². The molecule has 0 aliphatic heterocycles. The lowest BCUT2D eigenvalue weighted by Gasteiger charge is -2.06. The van der Waals surface area contributed by atoms with E-state index in [9.17, 15) is 0 Å². The third-order valence-electron chi connectivity index (χ3n) is 3.64. The molecule has 7 heteroatoms. The van der Waals surface area contributed by atoms with Crippen LogP contribution in [0.25, 0.3) is 0 Å². The summed E-state index contributed by atoms with van der Waals surface area (Å²) in [5.41, 5.74) is 2.14. The van der Waals surface area contributed by atoms with E-state index in [1.165, 1.54) is 17.3 Å². The van der Waals surface area contributed by atoms with E-state index in [1.54, 1.807) is 10.9 Å². The Balaban J connectivity index is 1.85. The van der Waals surface area contributed by atoms with Crippen LogP contribution in [0.1, 0.15) is 23.9 Å². The molecule has 3 rings (SSSR count). The largest absolute Gasteiger partial charge is 0.493 e. The van der Waals surface area contributed by atoms with Crippen LogP contribution in [0.4, 0.5) is 0 Å². The molecule has 0 radical (unpaired) electrons. The highest BCUT2D eigenvalue weighted by Crippen LogP contribution is 2.25. The number of ether oxygens (including phenoxy) is 1. The lowest BCUT2D eigenvalue weighted by Crippen LogP contribution is -2.01. The zero-order valence-electron chi connectivity index (χ0n) is 14.6. The highest BCUT2D eigenvalue weighted by Gasteiger charge is 2.11. The molecule has 0 unspecified atom stereocenters. The van der Waals surface area contributed by atoms with Crippen LogP contribution < -0.4 is 4.74 Å². The van der Waals surface area contributed by atoms with Gasteiger partial charge in [-0.2, -0.15) is 9.78 Å². The van der Waals surface area contributed by atoms with E-state index >= 15 is 0 Å². The molecule has 0 N–H and O–H groups in total. The molecular formula is C19H19BrN4OS. The van der Waals surface area contributed by atoms with Gasteiger partial charge in [0, 0.05) is 6.42 Å². The van der Waals surface area contributed by atoms with Gasteiger partial charge in [-0.3, -0.25) is 0 Å². The summed E-state index contributed by atoms with van der Waals surface area (Å²) in [6.07, 6.45) is 4.45. The molecule has 3 aromatic rings. The number of thioether (sulfide) groups is 1. The summed E-state index contributed by atoms with van der Waals surface area (Å²) in [5, 5.41) is 13.9. The molecule has 0 saturated heterocycles. The van der Waals surface area contributed by atoms with Gasteiger partial charge in [0.05, 0.1) is 17.3 Å². The topological polar surface area (TPSA) is 52.3 Å². The highest BCUT2D eigenvalue weighted by atomic mass is 79.9. The Labute approximate surface area is 165 Å². The first-order chi connectivity index (χ1) is 12.7. The Bertz CT molecular complexity index is 896. The van der Waals surface area contributed by atoms with Crippen LogP contribution in [0.3, 0.4) is 0 Å². The molecule has 0 bridgehead atoms. The van der Waals surface area contributed by atoms with E-state index in [0.717, 1.165) is 26.8 Å². The molecule has 0 aliphatic rings. The van der Waals surface area contributed by atoms with Gasteiger partial charge in [-0.05, 0) is 58.4 Å². The summed E-state index contributed by atoms with van der Waals surface area (Å²) in [6.45, 7) is 2.60. The first kappa shape index (κ1) is 18.7. The highest BCUT2D eigenvalue weighted by molar-refractivity contribution is 9.10. The van der Waals surface area contributed by atoms with Gasteiger partial charge in [0.2, 0.25) is 5.16 Å². The first-order valence-electron chi connectivity index (χ1n) is 8.20. The molecule has 0 aliphatic carbocycles. The quantitative estimate of drug-likeness (QED) is 0.404. The van der Waals surface area contributed by atoms with Crippen LogP contribution in [0.2, 0.25) is 0 Å². The minimum Gasteiger partial charge on any atom is -0.493 e. The Kier molecular flexibility index (Phi) is 6.46. The second-order valence-electron chi connectivity index (χ2n) is 5.44. The summed E-state index contributed by atoms with van der Waals surface area (Å²) < 4.78 is 8.24. The molecule has 0 spiro atoms. The average Bonchev–Trinajstić information content (AvgIpc) is 3.04. The maximum atomic E-state index is 5.54. The van der Waals surface area contributed by atoms with Gasteiger partial charge in [-0.25, -0.2) is 0 Å². The number of aromatic nitrogens is 3. The molecule has 26 heavy (non-hydrogen) atoms. The van der Waals surface area contributed by atoms with Crippen molar-refractivity contribution in [1.82, 2.24) is 14.9 Å². The van der Waals surface area contributed by atoms with Gasteiger partial charge in [-0.1, -0.05) is 42.1 Å². The molecular weight excluding hydrogens is 412 g/mol. The predicted octanol–water partition coefficient (Wildman–Crippen LogP) is 4.63. The molecule has 0 fully saturated rings. The SMILES string of the molecule is CCOc1ccc(/C=N\n2c(Cc3ccccc3)nnc2SC)cc1Br. The minimum absolute atomic E-state index is 0.632. The fourth-order valence-corrected chi connectivity index (χ4v) is 3.38. The third kappa shape index (κ3) is 4.53. The van der Waals surface area contributed by atoms with Crippen LogP contribution in [-0.2, 0) is 6.42 Å². The second-order valence-corrected chi connectivity index (χ2v) is 7.07. The van der Waals surface area contributed by atoms with Crippen molar-refractivity contribution < 1.29 is 4.74 Å². The van der Waals surface area contributed by atoms with Gasteiger partial charge in [0.15, 0.2) is 5.82 Å². The van der Waals surface area contributed by atoms with E-state index in [1.807, 2.05) is 49.6 Å². The second kappa shape index (κ2) is 9.00. The minimum atomic E-state index is 0.632. The summed E-state index contributed by atoms with van der Waals surface area (Å²) >= 11 is 5.05. The summed E-state index contributed by atoms with van der Waals surface area (Å²) in [7, 11) is 0. The van der Waals surface area contributed by atoms with Crippen molar-refractivity contribution in [3.8, 4) is 5.75 Å². The van der Waals surface area contributed by atoms with E-state index in [2.05, 4.69) is 43.4 Å². The molecule has 2 aromatic carbocycles. The summed E-state index contributed by atoms with van der Waals surface area (Å²) in [4.78, 5) is 0. The van der Waals surface area contributed by atoms with Crippen LogP contribution in [0.5, 0.6) is 5.75 Å². The number of benzene rings is 2. The van der Waals surface area contributed by atoms with Crippen LogP contribution in [-0.4, -0.2) is 34.0 Å². The number of nitrogens with zero attached hydrogens (tertiary/aromatic N) is 4. The zero-order chi connectivity index (χ0) is 18.4. The van der Waals surface area contributed by atoms with Gasteiger partial charge < -0.3 is 4.74 Å². The standard InChI is InChI=1S/C19H19BrN4OS/c1-3-25-17-10-9-15(11-16(17)20)13-21-24-18(22-23-19(24)26-2)12-14-7-5-4-6-8-14/h4-11,13H,3,12H2,1-2H3/b21-13-. The smallest absolute Gasteiger partial charge is 0.211 e. The van der Waals surface area contributed by atoms with E-state index in [-0.39, 0.29) is 0 Å². The molecule has 1 heterocycles. The van der Waals surface area contributed by atoms with Crippen molar-refractivity contribution in [1.29, 1.82) is 0 Å². The first-order valence-corrected chi connectivity index (χ1v) is 10.2. The lowest BCUT2D eigenvalue weighted by atomic mass is 10.1. The van der Waals surface area contributed by atoms with Crippen molar-refractivity contribution >= 4 is 33.9 Å². The Morgan fingerprint density at radius 3 is 2.69 bits per heavy atom. The van der Waals surface area contributed by atoms with Gasteiger partial charge >= 0.3 is 0 Å². The maximum Gasteiger partial charge on any atom is 0.211 e.